The smallest absolute Gasteiger partial charge is 0.190 e. The fraction of sp³-hybridized carbons (Fsp3) is 0.200. The van der Waals surface area contributed by atoms with Gasteiger partial charge in [-0.15, -0.1) is 11.3 Å². The van der Waals surface area contributed by atoms with Crippen LogP contribution in [0.15, 0.2) is 57.7 Å². The summed E-state index contributed by atoms with van der Waals surface area (Å²) in [6.07, 6.45) is 7.68. The molecule has 5 heteroatoms. The van der Waals surface area contributed by atoms with Crippen LogP contribution in [0.3, 0.4) is 0 Å². The van der Waals surface area contributed by atoms with Crippen LogP contribution in [0, 0.1) is 0 Å². The Bertz CT molecular complexity index is 767. The van der Waals surface area contributed by atoms with E-state index in [0.29, 0.717) is 6.04 Å². The van der Waals surface area contributed by atoms with Crippen molar-refractivity contribution < 1.29 is 4.42 Å². The van der Waals surface area contributed by atoms with Crippen LogP contribution < -0.4 is 4.80 Å². The van der Waals surface area contributed by atoms with Gasteiger partial charge in [-0.25, -0.2) is 4.99 Å². The lowest BCUT2D eigenvalue weighted by atomic mass is 10.3. The number of hydrogen-bond donors (Lipinski definition) is 0. The summed E-state index contributed by atoms with van der Waals surface area (Å²) < 4.78 is 7.82. The highest BCUT2D eigenvalue weighted by molar-refractivity contribution is 7.07. The standard InChI is InChI=1S/C15H13N3OS/c1-3-11(9-16-7-1)17-15-18(12-5-6-12)13(10-20-15)14-4-2-8-19-14/h1-4,7-10,12H,5-6H2. The summed E-state index contributed by atoms with van der Waals surface area (Å²) in [5.41, 5.74) is 2.00. The van der Waals surface area contributed by atoms with Gasteiger partial charge in [0.15, 0.2) is 10.6 Å². The van der Waals surface area contributed by atoms with E-state index in [1.54, 1.807) is 30.0 Å². The van der Waals surface area contributed by atoms with Gasteiger partial charge in [0, 0.05) is 17.6 Å². The molecule has 4 rings (SSSR count). The van der Waals surface area contributed by atoms with Gasteiger partial charge in [0.1, 0.15) is 0 Å². The van der Waals surface area contributed by atoms with Crippen LogP contribution in [0.25, 0.3) is 11.5 Å². The summed E-state index contributed by atoms with van der Waals surface area (Å²) in [6.45, 7) is 0. The van der Waals surface area contributed by atoms with E-state index in [1.807, 2.05) is 24.3 Å². The number of rotatable bonds is 3. The number of thiazole rings is 1. The molecule has 0 atom stereocenters. The quantitative estimate of drug-likeness (QED) is 0.734. The zero-order chi connectivity index (χ0) is 13.4. The van der Waals surface area contributed by atoms with Gasteiger partial charge in [0.25, 0.3) is 0 Å². The molecule has 3 aromatic heterocycles. The van der Waals surface area contributed by atoms with Gasteiger partial charge in [0.2, 0.25) is 0 Å². The lowest BCUT2D eigenvalue weighted by Gasteiger charge is -2.04. The van der Waals surface area contributed by atoms with E-state index >= 15 is 0 Å². The van der Waals surface area contributed by atoms with E-state index < -0.39 is 0 Å². The highest BCUT2D eigenvalue weighted by Crippen LogP contribution is 2.38. The van der Waals surface area contributed by atoms with Crippen molar-refractivity contribution in [1.82, 2.24) is 9.55 Å². The Kier molecular flexibility index (Phi) is 2.77. The number of furan rings is 1. The van der Waals surface area contributed by atoms with Crippen molar-refractivity contribution in [3.05, 3.63) is 53.1 Å². The van der Waals surface area contributed by atoms with Crippen LogP contribution in [0.1, 0.15) is 18.9 Å². The number of nitrogens with zero attached hydrogens (tertiary/aromatic N) is 3. The molecule has 0 spiro atoms. The largest absolute Gasteiger partial charge is 0.463 e. The molecule has 0 radical (unpaired) electrons. The molecule has 1 fully saturated rings. The molecule has 0 bridgehead atoms. The van der Waals surface area contributed by atoms with Gasteiger partial charge >= 0.3 is 0 Å². The van der Waals surface area contributed by atoms with Crippen molar-refractivity contribution in [2.75, 3.05) is 0 Å². The zero-order valence-electron chi connectivity index (χ0n) is 10.8. The summed E-state index contributed by atoms with van der Waals surface area (Å²) in [6, 6.07) is 8.34. The molecule has 1 aliphatic carbocycles. The molecule has 0 saturated heterocycles. The van der Waals surface area contributed by atoms with Gasteiger partial charge in [-0.2, -0.15) is 0 Å². The number of pyridine rings is 1. The van der Waals surface area contributed by atoms with E-state index in [-0.39, 0.29) is 0 Å². The van der Waals surface area contributed by atoms with Gasteiger partial charge in [-0.05, 0) is 37.1 Å². The van der Waals surface area contributed by atoms with Crippen LogP contribution in [-0.4, -0.2) is 9.55 Å². The Morgan fingerprint density at radius 2 is 2.25 bits per heavy atom. The van der Waals surface area contributed by atoms with Crippen molar-refractivity contribution in [2.45, 2.75) is 18.9 Å². The van der Waals surface area contributed by atoms with Crippen LogP contribution in [0.4, 0.5) is 5.69 Å². The van der Waals surface area contributed by atoms with Crippen molar-refractivity contribution in [3.8, 4) is 11.5 Å². The summed E-state index contributed by atoms with van der Waals surface area (Å²) >= 11 is 1.65. The molecule has 0 amide bonds. The molecule has 0 N–H and O–H groups in total. The molecule has 3 heterocycles. The van der Waals surface area contributed by atoms with E-state index in [9.17, 15) is 0 Å². The maximum absolute atomic E-state index is 5.53. The van der Waals surface area contributed by atoms with E-state index in [1.165, 1.54) is 12.8 Å². The zero-order valence-corrected chi connectivity index (χ0v) is 11.6. The van der Waals surface area contributed by atoms with Gasteiger partial charge in [-0.1, -0.05) is 0 Å². The van der Waals surface area contributed by atoms with Crippen LogP contribution in [0.2, 0.25) is 0 Å². The van der Waals surface area contributed by atoms with E-state index in [4.69, 9.17) is 9.41 Å². The van der Waals surface area contributed by atoms with E-state index in [0.717, 1.165) is 21.9 Å². The molecular formula is C15H13N3OS. The molecule has 100 valence electrons. The third-order valence-corrected chi connectivity index (χ3v) is 4.14. The highest BCUT2D eigenvalue weighted by Gasteiger charge is 2.28. The fourth-order valence-electron chi connectivity index (χ4n) is 2.22. The molecule has 0 unspecified atom stereocenters. The van der Waals surface area contributed by atoms with Crippen LogP contribution in [0.5, 0.6) is 0 Å². The molecule has 20 heavy (non-hydrogen) atoms. The second-order valence-electron chi connectivity index (χ2n) is 4.81. The average molecular weight is 283 g/mol. The first-order chi connectivity index (χ1) is 9.92. The molecular weight excluding hydrogens is 270 g/mol. The first-order valence-corrected chi connectivity index (χ1v) is 7.48. The van der Waals surface area contributed by atoms with Crippen molar-refractivity contribution in [3.63, 3.8) is 0 Å². The second-order valence-corrected chi connectivity index (χ2v) is 5.64. The predicted octanol–water partition coefficient (Wildman–Crippen LogP) is 3.77. The number of aromatic nitrogens is 2. The maximum atomic E-state index is 5.53. The van der Waals surface area contributed by atoms with Gasteiger partial charge in [-0.3, -0.25) is 4.98 Å². The van der Waals surface area contributed by atoms with Crippen molar-refractivity contribution in [1.29, 1.82) is 0 Å². The van der Waals surface area contributed by atoms with E-state index in [2.05, 4.69) is 14.9 Å². The number of hydrogen-bond acceptors (Lipinski definition) is 4. The third-order valence-electron chi connectivity index (χ3n) is 3.30. The Morgan fingerprint density at radius 3 is 2.95 bits per heavy atom. The first-order valence-electron chi connectivity index (χ1n) is 6.60. The van der Waals surface area contributed by atoms with Crippen LogP contribution >= 0.6 is 11.3 Å². The van der Waals surface area contributed by atoms with Crippen molar-refractivity contribution >= 4 is 17.0 Å². The third kappa shape index (κ3) is 2.10. The summed E-state index contributed by atoms with van der Waals surface area (Å²) in [7, 11) is 0. The lowest BCUT2D eigenvalue weighted by Crippen LogP contribution is -2.14. The Labute approximate surface area is 120 Å². The fourth-order valence-corrected chi connectivity index (χ4v) is 3.19. The Balaban J connectivity index is 1.87. The molecule has 1 saturated carbocycles. The molecule has 1 aliphatic rings. The van der Waals surface area contributed by atoms with Gasteiger partial charge in [0.05, 0.1) is 23.8 Å². The summed E-state index contributed by atoms with van der Waals surface area (Å²) in [5.74, 6) is 0.904. The SMILES string of the molecule is c1cncc(N=c2scc(-c3ccco3)n2C2CC2)c1. The maximum Gasteiger partial charge on any atom is 0.190 e. The summed E-state index contributed by atoms with van der Waals surface area (Å²) in [5, 5.41) is 2.12. The Hall–Kier alpha value is -2.14. The lowest BCUT2D eigenvalue weighted by molar-refractivity contribution is 0.570. The highest BCUT2D eigenvalue weighted by atomic mass is 32.1. The molecule has 0 aliphatic heterocycles. The minimum Gasteiger partial charge on any atom is -0.463 e. The molecule has 3 aromatic rings. The molecule has 0 aromatic carbocycles. The molecule has 4 nitrogen and oxygen atoms in total. The second kappa shape index (κ2) is 4.76. The monoisotopic (exact) mass is 283 g/mol. The van der Waals surface area contributed by atoms with Gasteiger partial charge < -0.3 is 8.98 Å². The average Bonchev–Trinajstić information content (AvgIpc) is 3.01. The van der Waals surface area contributed by atoms with Crippen molar-refractivity contribution in [2.24, 2.45) is 4.99 Å². The Morgan fingerprint density at radius 1 is 1.30 bits per heavy atom. The van der Waals surface area contributed by atoms with Crippen LogP contribution in [-0.2, 0) is 0 Å². The first kappa shape index (κ1) is 11.7. The topological polar surface area (TPSA) is 43.3 Å². The minimum absolute atomic E-state index is 0.553. The minimum atomic E-state index is 0.553. The summed E-state index contributed by atoms with van der Waals surface area (Å²) in [4.78, 5) is 9.83. The predicted molar refractivity (Wildman–Crippen MR) is 77.7 cm³/mol. The normalized spacial score (nSPS) is 15.7.